The second-order valence-corrected chi connectivity index (χ2v) is 3.97. The van der Waals surface area contributed by atoms with Gasteiger partial charge < -0.3 is 15.2 Å². The molecule has 4 nitrogen and oxygen atoms in total. The topological polar surface area (TPSA) is 57.4 Å². The number of halogens is 1. The average molecular weight is 215 g/mol. The smallest absolute Gasteiger partial charge is 0.215 e. The highest BCUT2D eigenvalue weighted by Crippen LogP contribution is 2.26. The maximum atomic E-state index is 5.73. The number of anilines is 1. The van der Waals surface area contributed by atoms with Crippen LogP contribution in [0.4, 0.5) is 5.82 Å². The van der Waals surface area contributed by atoms with E-state index in [1.165, 1.54) is 0 Å². The minimum absolute atomic E-state index is 0.271. The first-order chi connectivity index (χ1) is 6.59. The first-order valence-electron chi connectivity index (χ1n) is 4.28. The molecule has 0 saturated carbocycles. The predicted octanol–water partition coefficient (Wildman–Crippen LogP) is 1.48. The Kier molecular flexibility index (Phi) is 2.25. The molecular formula is C9H11ClN2O2. The molecule has 1 saturated heterocycles. The highest BCUT2D eigenvalue weighted by molar-refractivity contribution is 6.32. The van der Waals surface area contributed by atoms with Gasteiger partial charge in [0.15, 0.2) is 5.60 Å². The van der Waals surface area contributed by atoms with Gasteiger partial charge >= 0.3 is 0 Å². The van der Waals surface area contributed by atoms with E-state index in [9.17, 15) is 0 Å². The number of pyridine rings is 1. The lowest BCUT2D eigenvalue weighted by Gasteiger charge is -2.37. The summed E-state index contributed by atoms with van der Waals surface area (Å²) in [5, 5.41) is 0.437. The molecule has 0 bridgehead atoms. The molecule has 76 valence electrons. The quantitative estimate of drug-likeness (QED) is 0.811. The Hall–Kier alpha value is -1.00. The molecule has 1 aromatic rings. The van der Waals surface area contributed by atoms with E-state index in [1.807, 2.05) is 6.92 Å². The largest absolute Gasteiger partial charge is 0.466 e. The molecule has 0 amide bonds. The van der Waals surface area contributed by atoms with E-state index in [1.54, 1.807) is 12.1 Å². The number of aromatic nitrogens is 1. The van der Waals surface area contributed by atoms with E-state index in [4.69, 9.17) is 26.8 Å². The fraction of sp³-hybridized carbons (Fsp3) is 0.444. The van der Waals surface area contributed by atoms with Crippen molar-refractivity contribution >= 4 is 17.4 Å². The second kappa shape index (κ2) is 3.29. The molecule has 2 N–H and O–H groups in total. The van der Waals surface area contributed by atoms with Gasteiger partial charge in [-0.25, -0.2) is 0 Å². The van der Waals surface area contributed by atoms with E-state index < -0.39 is 0 Å². The van der Waals surface area contributed by atoms with Gasteiger partial charge in [0.05, 0.1) is 18.2 Å². The Labute approximate surface area is 87.0 Å². The lowest BCUT2D eigenvalue weighted by atomic mass is 10.1. The third-order valence-corrected chi connectivity index (χ3v) is 2.33. The maximum absolute atomic E-state index is 5.73. The van der Waals surface area contributed by atoms with Crippen molar-refractivity contribution in [3.8, 4) is 5.88 Å². The molecule has 2 heterocycles. The Morgan fingerprint density at radius 1 is 1.57 bits per heavy atom. The van der Waals surface area contributed by atoms with Crippen LogP contribution in [0, 0.1) is 0 Å². The van der Waals surface area contributed by atoms with Gasteiger partial charge in [-0.15, -0.1) is 0 Å². The summed E-state index contributed by atoms with van der Waals surface area (Å²) in [7, 11) is 0. The average Bonchev–Trinajstić information content (AvgIpc) is 2.09. The summed E-state index contributed by atoms with van der Waals surface area (Å²) < 4.78 is 10.7. The first-order valence-corrected chi connectivity index (χ1v) is 4.66. The van der Waals surface area contributed by atoms with Crippen molar-refractivity contribution in [1.29, 1.82) is 0 Å². The van der Waals surface area contributed by atoms with Crippen LogP contribution in [0.3, 0.4) is 0 Å². The first kappa shape index (κ1) is 9.55. The summed E-state index contributed by atoms with van der Waals surface area (Å²) in [6.45, 7) is 3.12. The molecule has 0 atom stereocenters. The number of hydrogen-bond acceptors (Lipinski definition) is 4. The van der Waals surface area contributed by atoms with Gasteiger partial charge in [-0.1, -0.05) is 11.6 Å². The van der Waals surface area contributed by atoms with Crippen LogP contribution in [0.1, 0.15) is 6.92 Å². The van der Waals surface area contributed by atoms with E-state index >= 15 is 0 Å². The number of nitrogens with zero attached hydrogens (tertiary/aromatic N) is 1. The SMILES string of the molecule is CC1(Oc2ccc(Cl)c(N)n2)COC1. The number of nitrogen functional groups attached to an aromatic ring is 1. The van der Waals surface area contributed by atoms with Crippen LogP contribution in [0.25, 0.3) is 0 Å². The Morgan fingerprint density at radius 2 is 2.29 bits per heavy atom. The van der Waals surface area contributed by atoms with Crippen molar-refractivity contribution in [1.82, 2.24) is 4.98 Å². The highest BCUT2D eigenvalue weighted by Gasteiger charge is 2.36. The van der Waals surface area contributed by atoms with Gasteiger partial charge in [-0.2, -0.15) is 4.98 Å². The van der Waals surface area contributed by atoms with Gasteiger partial charge in [0.2, 0.25) is 5.88 Å². The monoisotopic (exact) mass is 214 g/mol. The van der Waals surface area contributed by atoms with E-state index in [0.29, 0.717) is 24.1 Å². The van der Waals surface area contributed by atoms with Crippen LogP contribution in [-0.2, 0) is 4.74 Å². The zero-order valence-electron chi connectivity index (χ0n) is 7.79. The molecule has 0 aliphatic carbocycles. The molecule has 0 unspecified atom stereocenters. The van der Waals surface area contributed by atoms with Crippen LogP contribution in [-0.4, -0.2) is 23.8 Å². The lowest BCUT2D eigenvalue weighted by molar-refractivity contribution is -0.151. The zero-order valence-corrected chi connectivity index (χ0v) is 8.54. The normalized spacial score (nSPS) is 18.7. The van der Waals surface area contributed by atoms with E-state index in [2.05, 4.69) is 4.98 Å². The van der Waals surface area contributed by atoms with E-state index in [0.717, 1.165) is 0 Å². The Morgan fingerprint density at radius 3 is 2.79 bits per heavy atom. The summed E-state index contributed by atoms with van der Waals surface area (Å²) in [6, 6.07) is 3.37. The highest BCUT2D eigenvalue weighted by atomic mass is 35.5. The third kappa shape index (κ3) is 1.76. The van der Waals surface area contributed by atoms with Crippen LogP contribution in [0.5, 0.6) is 5.88 Å². The van der Waals surface area contributed by atoms with Crippen molar-refractivity contribution in [2.75, 3.05) is 18.9 Å². The summed E-state index contributed by atoms with van der Waals surface area (Å²) in [6.07, 6.45) is 0. The van der Waals surface area contributed by atoms with Gasteiger partial charge in [0.25, 0.3) is 0 Å². The van der Waals surface area contributed by atoms with Crippen molar-refractivity contribution in [2.45, 2.75) is 12.5 Å². The fourth-order valence-electron chi connectivity index (χ4n) is 1.20. The van der Waals surface area contributed by atoms with Crippen molar-refractivity contribution in [3.63, 3.8) is 0 Å². The van der Waals surface area contributed by atoms with Crippen LogP contribution in [0.15, 0.2) is 12.1 Å². The maximum Gasteiger partial charge on any atom is 0.215 e. The molecule has 2 rings (SSSR count). The molecule has 1 aromatic heterocycles. The van der Waals surface area contributed by atoms with Gasteiger partial charge in [0.1, 0.15) is 5.82 Å². The number of rotatable bonds is 2. The Bertz CT molecular complexity index is 353. The molecule has 0 spiro atoms. The number of hydrogen-bond donors (Lipinski definition) is 1. The summed E-state index contributed by atoms with van der Waals surface area (Å²) in [4.78, 5) is 4.01. The second-order valence-electron chi connectivity index (χ2n) is 3.56. The molecular weight excluding hydrogens is 204 g/mol. The zero-order chi connectivity index (χ0) is 10.2. The lowest BCUT2D eigenvalue weighted by Crippen LogP contribution is -2.51. The summed E-state index contributed by atoms with van der Waals surface area (Å²) in [5.41, 5.74) is 5.27. The van der Waals surface area contributed by atoms with Crippen molar-refractivity contribution in [3.05, 3.63) is 17.2 Å². The summed E-state index contributed by atoms with van der Waals surface area (Å²) in [5.74, 6) is 0.769. The van der Waals surface area contributed by atoms with Crippen molar-refractivity contribution < 1.29 is 9.47 Å². The molecule has 14 heavy (non-hydrogen) atoms. The third-order valence-electron chi connectivity index (χ3n) is 2.01. The van der Waals surface area contributed by atoms with Gasteiger partial charge in [-0.3, -0.25) is 0 Å². The minimum Gasteiger partial charge on any atom is -0.466 e. The van der Waals surface area contributed by atoms with Crippen LogP contribution in [0.2, 0.25) is 5.02 Å². The molecule has 1 aliphatic rings. The summed E-state index contributed by atoms with van der Waals surface area (Å²) >= 11 is 5.73. The van der Waals surface area contributed by atoms with Gasteiger partial charge in [0, 0.05) is 6.07 Å². The van der Waals surface area contributed by atoms with E-state index in [-0.39, 0.29) is 11.4 Å². The number of nitrogens with two attached hydrogens (primary N) is 1. The molecule has 5 heteroatoms. The predicted molar refractivity (Wildman–Crippen MR) is 53.5 cm³/mol. The molecule has 1 fully saturated rings. The molecule has 0 radical (unpaired) electrons. The van der Waals surface area contributed by atoms with Crippen LogP contribution < -0.4 is 10.5 Å². The number of ether oxygens (including phenoxy) is 2. The van der Waals surface area contributed by atoms with Gasteiger partial charge in [-0.05, 0) is 13.0 Å². The standard InChI is InChI=1S/C9H11ClN2O2/c1-9(4-13-5-9)14-7-3-2-6(10)8(11)12-7/h2-3H,4-5H2,1H3,(H2,11,12). The molecule has 1 aliphatic heterocycles. The molecule has 0 aromatic carbocycles. The minimum atomic E-state index is -0.271. The Balaban J connectivity index is 2.13. The fourth-order valence-corrected chi connectivity index (χ4v) is 1.30. The van der Waals surface area contributed by atoms with Crippen molar-refractivity contribution in [2.24, 2.45) is 0 Å². The van der Waals surface area contributed by atoms with Crippen LogP contribution >= 0.6 is 11.6 Å².